The molecule has 0 bridgehead atoms. The van der Waals surface area contributed by atoms with Crippen LogP contribution in [0, 0.1) is 12.8 Å². The minimum absolute atomic E-state index is 0.130. The molecule has 11 heteroatoms. The Kier molecular flexibility index (Phi) is 6.82. The Bertz CT molecular complexity index is 1250. The van der Waals surface area contributed by atoms with Crippen LogP contribution in [0.15, 0.2) is 39.8 Å². The van der Waals surface area contributed by atoms with Crippen LogP contribution in [-0.4, -0.2) is 49.0 Å². The molecule has 9 nitrogen and oxygen atoms in total. The summed E-state index contributed by atoms with van der Waals surface area (Å²) in [6.45, 7) is 4.17. The van der Waals surface area contributed by atoms with Crippen molar-refractivity contribution in [3.63, 3.8) is 0 Å². The summed E-state index contributed by atoms with van der Waals surface area (Å²) in [5.41, 5.74) is 0.615. The zero-order chi connectivity index (χ0) is 23.6. The number of amides is 1. The molecule has 1 fully saturated rings. The SMILES string of the molecule is CCc1nc(-c2cc(S(=O)(=O)N3CCC[C@H](C(=O)Nc4cccc(OC)c4)C3)c(C)s2)no1. The smallest absolute Gasteiger partial charge is 0.244 e. The van der Waals surface area contributed by atoms with Crippen LogP contribution in [0.5, 0.6) is 5.75 Å². The topological polar surface area (TPSA) is 115 Å². The van der Waals surface area contributed by atoms with Crippen LogP contribution >= 0.6 is 11.3 Å². The number of aryl methyl sites for hydroxylation is 2. The molecule has 33 heavy (non-hydrogen) atoms. The maximum absolute atomic E-state index is 13.4. The molecule has 2 aromatic heterocycles. The largest absolute Gasteiger partial charge is 0.497 e. The van der Waals surface area contributed by atoms with Gasteiger partial charge in [0.1, 0.15) is 5.75 Å². The fourth-order valence-corrected chi connectivity index (χ4v) is 6.80. The second-order valence-corrected chi connectivity index (χ2v) is 11.0. The highest BCUT2D eigenvalue weighted by molar-refractivity contribution is 7.89. The van der Waals surface area contributed by atoms with Crippen LogP contribution in [0.3, 0.4) is 0 Å². The zero-order valence-corrected chi connectivity index (χ0v) is 20.3. The first-order valence-corrected chi connectivity index (χ1v) is 13.0. The molecule has 0 radical (unpaired) electrons. The van der Waals surface area contributed by atoms with Gasteiger partial charge in [0.25, 0.3) is 0 Å². The van der Waals surface area contributed by atoms with E-state index in [1.807, 2.05) is 6.92 Å². The third-order valence-corrected chi connectivity index (χ3v) is 8.74. The van der Waals surface area contributed by atoms with E-state index < -0.39 is 15.9 Å². The number of anilines is 1. The molecule has 4 rings (SSSR count). The number of ether oxygens (including phenoxy) is 1. The first-order valence-electron chi connectivity index (χ1n) is 10.7. The van der Waals surface area contributed by atoms with Crippen molar-refractivity contribution in [1.82, 2.24) is 14.4 Å². The Morgan fingerprint density at radius 3 is 2.91 bits per heavy atom. The summed E-state index contributed by atoms with van der Waals surface area (Å²) in [6.07, 6.45) is 1.84. The van der Waals surface area contributed by atoms with Crippen molar-refractivity contribution >= 4 is 33.0 Å². The van der Waals surface area contributed by atoms with E-state index >= 15 is 0 Å². The molecule has 0 spiro atoms. The van der Waals surface area contributed by atoms with Gasteiger partial charge in [-0.3, -0.25) is 4.79 Å². The lowest BCUT2D eigenvalue weighted by atomic mass is 9.98. The lowest BCUT2D eigenvalue weighted by Gasteiger charge is -2.31. The highest BCUT2D eigenvalue weighted by Gasteiger charge is 2.35. The molecule has 3 heterocycles. The molecule has 0 unspecified atom stereocenters. The van der Waals surface area contributed by atoms with Gasteiger partial charge >= 0.3 is 0 Å². The molecule has 1 N–H and O–H groups in total. The first-order chi connectivity index (χ1) is 15.8. The average Bonchev–Trinajstić information content (AvgIpc) is 3.46. The second kappa shape index (κ2) is 9.62. The van der Waals surface area contributed by atoms with E-state index in [2.05, 4.69) is 15.5 Å². The van der Waals surface area contributed by atoms with Crippen LogP contribution in [0.4, 0.5) is 5.69 Å². The summed E-state index contributed by atoms with van der Waals surface area (Å²) in [7, 11) is -2.21. The Morgan fingerprint density at radius 2 is 2.18 bits per heavy atom. The van der Waals surface area contributed by atoms with Crippen molar-refractivity contribution in [2.45, 2.75) is 38.0 Å². The molecule has 0 aliphatic carbocycles. The van der Waals surface area contributed by atoms with Crippen molar-refractivity contribution in [2.75, 3.05) is 25.5 Å². The van der Waals surface area contributed by atoms with E-state index in [1.165, 1.54) is 15.6 Å². The second-order valence-electron chi connectivity index (χ2n) is 7.82. The maximum Gasteiger partial charge on any atom is 0.244 e. The van der Waals surface area contributed by atoms with Gasteiger partial charge in [-0.1, -0.05) is 18.1 Å². The van der Waals surface area contributed by atoms with Crippen molar-refractivity contribution in [3.05, 3.63) is 41.1 Å². The summed E-state index contributed by atoms with van der Waals surface area (Å²) >= 11 is 1.31. The van der Waals surface area contributed by atoms with Gasteiger partial charge in [0.15, 0.2) is 0 Å². The number of aromatic nitrogens is 2. The molecule has 1 aliphatic heterocycles. The summed E-state index contributed by atoms with van der Waals surface area (Å²) in [6, 6.07) is 8.68. The number of sulfonamides is 1. The lowest BCUT2D eigenvalue weighted by Crippen LogP contribution is -2.43. The molecular formula is C22H26N4O5S2. The maximum atomic E-state index is 13.4. The minimum atomic E-state index is -3.77. The van der Waals surface area contributed by atoms with Crippen molar-refractivity contribution in [3.8, 4) is 16.5 Å². The van der Waals surface area contributed by atoms with E-state index in [0.29, 0.717) is 58.7 Å². The third-order valence-electron chi connectivity index (χ3n) is 5.57. The summed E-state index contributed by atoms with van der Waals surface area (Å²) in [5.74, 6) is 0.876. The van der Waals surface area contributed by atoms with E-state index in [4.69, 9.17) is 9.26 Å². The number of rotatable bonds is 7. The van der Waals surface area contributed by atoms with E-state index in [0.717, 1.165) is 0 Å². The van der Waals surface area contributed by atoms with Gasteiger partial charge in [0, 0.05) is 36.1 Å². The molecule has 1 atom stereocenters. The van der Waals surface area contributed by atoms with Crippen LogP contribution in [-0.2, 0) is 21.2 Å². The van der Waals surface area contributed by atoms with Crippen molar-refractivity contribution in [2.24, 2.45) is 5.92 Å². The van der Waals surface area contributed by atoms with Crippen molar-refractivity contribution in [1.29, 1.82) is 0 Å². The number of hydrogen-bond acceptors (Lipinski definition) is 8. The molecule has 1 saturated heterocycles. The minimum Gasteiger partial charge on any atom is -0.497 e. The monoisotopic (exact) mass is 490 g/mol. The number of hydrogen-bond donors (Lipinski definition) is 1. The number of carbonyl (C=O) groups is 1. The number of piperidine rings is 1. The van der Waals surface area contributed by atoms with Gasteiger partial charge < -0.3 is 14.6 Å². The number of carbonyl (C=O) groups excluding carboxylic acids is 1. The molecule has 1 aromatic carbocycles. The van der Waals surface area contributed by atoms with Gasteiger partial charge in [0.05, 0.1) is 22.8 Å². The van der Waals surface area contributed by atoms with Gasteiger partial charge in [-0.15, -0.1) is 11.3 Å². The number of thiophene rings is 1. The quantitative estimate of drug-likeness (QED) is 0.537. The lowest BCUT2D eigenvalue weighted by molar-refractivity contribution is -0.120. The van der Waals surface area contributed by atoms with Crippen LogP contribution in [0.2, 0.25) is 0 Å². The first kappa shape index (κ1) is 23.4. The average molecular weight is 491 g/mol. The fraction of sp³-hybridized carbons (Fsp3) is 0.409. The Morgan fingerprint density at radius 1 is 1.36 bits per heavy atom. The number of benzene rings is 1. The van der Waals surface area contributed by atoms with Gasteiger partial charge in [-0.05, 0) is 38.0 Å². The summed E-state index contributed by atoms with van der Waals surface area (Å²) < 4.78 is 38.6. The predicted octanol–water partition coefficient (Wildman–Crippen LogP) is 3.72. The molecular weight excluding hydrogens is 464 g/mol. The predicted molar refractivity (Wildman–Crippen MR) is 125 cm³/mol. The van der Waals surface area contributed by atoms with Crippen LogP contribution in [0.1, 0.15) is 30.5 Å². The van der Waals surface area contributed by atoms with E-state index in [1.54, 1.807) is 44.4 Å². The van der Waals surface area contributed by atoms with Gasteiger partial charge in [0.2, 0.25) is 27.6 Å². The van der Waals surface area contributed by atoms with E-state index in [9.17, 15) is 13.2 Å². The normalized spacial score (nSPS) is 17.1. The number of nitrogens with zero attached hydrogens (tertiary/aromatic N) is 3. The standard InChI is InChI=1S/C22H26N4O5S2/c1-4-20-24-21(25-31-20)18-12-19(14(2)32-18)33(28,29)26-10-6-7-15(13-26)22(27)23-16-8-5-9-17(11-16)30-3/h5,8-9,11-12,15H,4,6-7,10,13H2,1-3H3,(H,23,27)/t15-/m0/s1. The van der Waals surface area contributed by atoms with E-state index in [-0.39, 0.29) is 17.3 Å². The fourth-order valence-electron chi connectivity index (χ4n) is 3.79. The van der Waals surface area contributed by atoms with Crippen LogP contribution < -0.4 is 10.1 Å². The number of methoxy groups -OCH3 is 1. The Labute approximate surface area is 196 Å². The summed E-state index contributed by atoms with van der Waals surface area (Å²) in [4.78, 5) is 18.7. The van der Waals surface area contributed by atoms with Gasteiger partial charge in [-0.2, -0.15) is 9.29 Å². The highest BCUT2D eigenvalue weighted by atomic mass is 32.2. The zero-order valence-electron chi connectivity index (χ0n) is 18.7. The highest BCUT2D eigenvalue weighted by Crippen LogP contribution is 2.35. The van der Waals surface area contributed by atoms with Crippen molar-refractivity contribution < 1.29 is 22.5 Å². The van der Waals surface area contributed by atoms with Gasteiger partial charge in [-0.25, -0.2) is 8.42 Å². The Balaban J connectivity index is 1.50. The Hall–Kier alpha value is -2.76. The molecule has 176 valence electrons. The summed E-state index contributed by atoms with van der Waals surface area (Å²) in [5, 5.41) is 6.83. The molecule has 1 amide bonds. The third kappa shape index (κ3) is 4.94. The molecule has 1 aliphatic rings. The number of nitrogens with one attached hydrogen (secondary N) is 1. The molecule has 0 saturated carbocycles. The molecule has 3 aromatic rings. The van der Waals surface area contributed by atoms with Crippen LogP contribution in [0.25, 0.3) is 10.7 Å².